The summed E-state index contributed by atoms with van der Waals surface area (Å²) in [6.07, 6.45) is 1.06. The van der Waals surface area contributed by atoms with Gasteiger partial charge in [0.25, 0.3) is 0 Å². The van der Waals surface area contributed by atoms with Gasteiger partial charge in [-0.25, -0.2) is 9.59 Å². The molecule has 19 heavy (non-hydrogen) atoms. The van der Waals surface area contributed by atoms with Gasteiger partial charge in [0, 0.05) is 19.7 Å². The number of ether oxygens (including phenoxy) is 1. The fourth-order valence-electron chi connectivity index (χ4n) is 1.43. The van der Waals surface area contributed by atoms with Crippen LogP contribution in [0.5, 0.6) is 0 Å². The molecule has 0 radical (unpaired) electrons. The van der Waals surface area contributed by atoms with Gasteiger partial charge < -0.3 is 15.2 Å². The fraction of sp³-hybridized carbons (Fsp3) is 0.583. The first kappa shape index (κ1) is 15.0. The number of carboxylic acid groups (broad SMARTS) is 1. The van der Waals surface area contributed by atoms with Crippen molar-refractivity contribution in [3.05, 3.63) is 18.0 Å². The molecule has 0 fully saturated rings. The van der Waals surface area contributed by atoms with Gasteiger partial charge in [0.1, 0.15) is 11.6 Å². The van der Waals surface area contributed by atoms with Gasteiger partial charge in [-0.2, -0.15) is 5.10 Å². The van der Waals surface area contributed by atoms with E-state index in [1.54, 1.807) is 44.8 Å². The maximum atomic E-state index is 11.5. The number of amides is 1. The standard InChI is InChI=1S/C12H19N3O4/c1-12(2,3)19-11(18)13-9(10(16)17)7-8-5-6-15(4)14-8/h5-6,9H,7H2,1-4H3,(H,13,18)(H,16,17). The second-order valence-corrected chi connectivity index (χ2v) is 5.22. The third kappa shape index (κ3) is 5.41. The minimum atomic E-state index is -1.13. The molecule has 0 bridgehead atoms. The lowest BCUT2D eigenvalue weighted by molar-refractivity contribution is -0.139. The highest BCUT2D eigenvalue weighted by molar-refractivity contribution is 5.80. The molecular formula is C12H19N3O4. The number of carbonyl (C=O) groups excluding carboxylic acids is 1. The van der Waals surface area contributed by atoms with Crippen molar-refractivity contribution in [2.75, 3.05) is 0 Å². The highest BCUT2D eigenvalue weighted by Gasteiger charge is 2.24. The Morgan fingerprint density at radius 1 is 1.53 bits per heavy atom. The van der Waals surface area contributed by atoms with Gasteiger partial charge in [0.05, 0.1) is 5.69 Å². The molecule has 106 valence electrons. The van der Waals surface area contributed by atoms with E-state index < -0.39 is 23.7 Å². The minimum Gasteiger partial charge on any atom is -0.480 e. The highest BCUT2D eigenvalue weighted by Crippen LogP contribution is 2.08. The minimum absolute atomic E-state index is 0.107. The average Bonchev–Trinajstić information content (AvgIpc) is 2.60. The van der Waals surface area contributed by atoms with Crippen LogP contribution in [-0.2, 0) is 23.0 Å². The van der Waals surface area contributed by atoms with Crippen LogP contribution < -0.4 is 5.32 Å². The second kappa shape index (κ2) is 5.73. The van der Waals surface area contributed by atoms with Crippen molar-refractivity contribution in [3.63, 3.8) is 0 Å². The molecule has 7 nitrogen and oxygen atoms in total. The Bertz CT molecular complexity index is 462. The molecule has 0 saturated heterocycles. The molecule has 7 heteroatoms. The SMILES string of the molecule is Cn1ccc(CC(NC(=O)OC(C)(C)C)C(=O)O)n1. The van der Waals surface area contributed by atoms with Gasteiger partial charge >= 0.3 is 12.1 Å². The molecule has 1 atom stereocenters. The third-order valence-corrected chi connectivity index (χ3v) is 2.17. The summed E-state index contributed by atoms with van der Waals surface area (Å²) in [7, 11) is 1.74. The van der Waals surface area contributed by atoms with Crippen LogP contribution in [0.3, 0.4) is 0 Å². The van der Waals surface area contributed by atoms with Gasteiger partial charge in [-0.1, -0.05) is 0 Å². The van der Waals surface area contributed by atoms with Crippen LogP contribution in [0.15, 0.2) is 12.3 Å². The number of alkyl carbamates (subject to hydrolysis) is 1. The quantitative estimate of drug-likeness (QED) is 0.848. The van der Waals surface area contributed by atoms with Crippen molar-refractivity contribution in [1.82, 2.24) is 15.1 Å². The van der Waals surface area contributed by atoms with E-state index in [0.29, 0.717) is 5.69 Å². The first-order valence-electron chi connectivity index (χ1n) is 5.88. The van der Waals surface area contributed by atoms with Crippen LogP contribution in [0.25, 0.3) is 0 Å². The van der Waals surface area contributed by atoms with E-state index in [2.05, 4.69) is 10.4 Å². The van der Waals surface area contributed by atoms with E-state index in [0.717, 1.165) is 0 Å². The summed E-state index contributed by atoms with van der Waals surface area (Å²) in [4.78, 5) is 22.7. The van der Waals surface area contributed by atoms with Gasteiger partial charge in [-0.3, -0.25) is 4.68 Å². The molecule has 1 unspecified atom stereocenters. The summed E-state index contributed by atoms with van der Waals surface area (Å²) < 4.78 is 6.59. The summed E-state index contributed by atoms with van der Waals surface area (Å²) in [5.41, 5.74) is -0.0797. The largest absolute Gasteiger partial charge is 0.480 e. The van der Waals surface area contributed by atoms with Crippen molar-refractivity contribution in [2.24, 2.45) is 7.05 Å². The zero-order chi connectivity index (χ0) is 14.6. The van der Waals surface area contributed by atoms with Crippen molar-refractivity contribution in [2.45, 2.75) is 38.8 Å². The Labute approximate surface area is 111 Å². The van der Waals surface area contributed by atoms with Gasteiger partial charge in [-0.15, -0.1) is 0 Å². The maximum Gasteiger partial charge on any atom is 0.408 e. The van der Waals surface area contributed by atoms with Gasteiger partial charge in [0.15, 0.2) is 0 Å². The average molecular weight is 269 g/mol. The number of carbonyl (C=O) groups is 2. The summed E-state index contributed by atoms with van der Waals surface area (Å²) in [6, 6.07) is 0.636. The van der Waals surface area contributed by atoms with E-state index in [9.17, 15) is 9.59 Å². The third-order valence-electron chi connectivity index (χ3n) is 2.17. The number of aromatic nitrogens is 2. The molecule has 1 aromatic rings. The highest BCUT2D eigenvalue weighted by atomic mass is 16.6. The van der Waals surface area contributed by atoms with E-state index >= 15 is 0 Å². The van der Waals surface area contributed by atoms with Crippen LogP contribution in [0.2, 0.25) is 0 Å². The molecule has 1 rings (SSSR count). The van der Waals surface area contributed by atoms with E-state index in [-0.39, 0.29) is 6.42 Å². The van der Waals surface area contributed by atoms with E-state index in [1.165, 1.54) is 0 Å². The second-order valence-electron chi connectivity index (χ2n) is 5.22. The predicted molar refractivity (Wildman–Crippen MR) is 67.7 cm³/mol. The molecule has 0 aromatic carbocycles. The Kier molecular flexibility index (Phi) is 4.52. The number of hydrogen-bond acceptors (Lipinski definition) is 4. The Hall–Kier alpha value is -2.05. The fourth-order valence-corrected chi connectivity index (χ4v) is 1.43. The zero-order valence-electron chi connectivity index (χ0n) is 11.5. The van der Waals surface area contributed by atoms with Crippen LogP contribution >= 0.6 is 0 Å². The molecule has 0 aliphatic rings. The summed E-state index contributed by atoms with van der Waals surface area (Å²) in [6.45, 7) is 5.13. The first-order valence-corrected chi connectivity index (χ1v) is 5.88. The van der Waals surface area contributed by atoms with Gasteiger partial charge in [0.2, 0.25) is 0 Å². The van der Waals surface area contributed by atoms with Crippen molar-refractivity contribution in [1.29, 1.82) is 0 Å². The summed E-state index contributed by atoms with van der Waals surface area (Å²) >= 11 is 0. The normalized spacial score (nSPS) is 12.8. The van der Waals surface area contributed by atoms with Crippen molar-refractivity contribution in [3.8, 4) is 0 Å². The topological polar surface area (TPSA) is 93.5 Å². The number of carboxylic acids is 1. The van der Waals surface area contributed by atoms with Crippen LogP contribution in [0, 0.1) is 0 Å². The van der Waals surface area contributed by atoms with Crippen LogP contribution in [0.4, 0.5) is 4.79 Å². The monoisotopic (exact) mass is 269 g/mol. The zero-order valence-corrected chi connectivity index (χ0v) is 11.5. The number of nitrogens with zero attached hydrogens (tertiary/aromatic N) is 2. The molecule has 0 aliphatic heterocycles. The molecule has 2 N–H and O–H groups in total. The molecule has 0 aliphatic carbocycles. The van der Waals surface area contributed by atoms with E-state index in [1.807, 2.05) is 0 Å². The number of aliphatic carboxylic acids is 1. The number of aryl methyl sites for hydroxylation is 1. The molecular weight excluding hydrogens is 250 g/mol. The molecule has 1 amide bonds. The lowest BCUT2D eigenvalue weighted by Gasteiger charge is -2.21. The maximum absolute atomic E-state index is 11.5. The molecule has 1 aromatic heterocycles. The first-order chi connectivity index (χ1) is 8.67. The smallest absolute Gasteiger partial charge is 0.408 e. The van der Waals surface area contributed by atoms with Crippen LogP contribution in [-0.4, -0.2) is 38.6 Å². The predicted octanol–water partition coefficient (Wildman–Crippen LogP) is 0.940. The Morgan fingerprint density at radius 3 is 2.58 bits per heavy atom. The summed E-state index contributed by atoms with van der Waals surface area (Å²) in [5, 5.41) is 15.5. The van der Waals surface area contributed by atoms with Crippen molar-refractivity contribution >= 4 is 12.1 Å². The lowest BCUT2D eigenvalue weighted by Crippen LogP contribution is -2.44. The van der Waals surface area contributed by atoms with Crippen LogP contribution in [0.1, 0.15) is 26.5 Å². The Morgan fingerprint density at radius 2 is 2.16 bits per heavy atom. The molecule has 0 saturated carbocycles. The van der Waals surface area contributed by atoms with Crippen molar-refractivity contribution < 1.29 is 19.4 Å². The number of nitrogens with one attached hydrogen (secondary N) is 1. The van der Waals surface area contributed by atoms with E-state index in [4.69, 9.17) is 9.84 Å². The number of hydrogen-bond donors (Lipinski definition) is 2. The van der Waals surface area contributed by atoms with Gasteiger partial charge in [-0.05, 0) is 26.8 Å². The Balaban J connectivity index is 2.63. The molecule has 1 heterocycles. The summed E-state index contributed by atoms with van der Waals surface area (Å²) in [5.74, 6) is -1.13. The lowest BCUT2D eigenvalue weighted by atomic mass is 10.1. The number of rotatable bonds is 4. The molecule has 0 spiro atoms.